The summed E-state index contributed by atoms with van der Waals surface area (Å²) in [7, 11) is 3.78. The Balaban J connectivity index is 1.79. The Morgan fingerprint density at radius 3 is 2.74 bits per heavy atom. The Bertz CT molecular complexity index is 756. The monoisotopic (exact) mass is 376 g/mol. The average molecular weight is 377 g/mol. The molecule has 1 aromatic heterocycles. The van der Waals surface area contributed by atoms with Gasteiger partial charge in [-0.1, -0.05) is 34.1 Å². The highest BCUT2D eigenvalue weighted by Gasteiger charge is 2.19. The van der Waals surface area contributed by atoms with Crippen LogP contribution in [0.3, 0.4) is 0 Å². The lowest BCUT2D eigenvalue weighted by Gasteiger charge is -2.20. The standard InChI is InChI=1S/C17H21BrN4O/c1-21(2)17-19-15-8-10-22(9-7-13(15)16(23)20-17)11-12-5-3-4-6-14(12)18/h3-6H,7-11H2,1-2H3,(H,19,20,23). The lowest BCUT2D eigenvalue weighted by Crippen LogP contribution is -2.26. The molecule has 1 aliphatic heterocycles. The van der Waals surface area contributed by atoms with E-state index in [1.807, 2.05) is 25.1 Å². The van der Waals surface area contributed by atoms with Crippen LogP contribution in [0.4, 0.5) is 5.95 Å². The number of halogens is 1. The predicted octanol–water partition coefficient (Wildman–Crippen LogP) is 2.20. The molecule has 122 valence electrons. The molecule has 0 aliphatic carbocycles. The van der Waals surface area contributed by atoms with Crippen molar-refractivity contribution in [3.63, 3.8) is 0 Å². The molecule has 0 spiro atoms. The summed E-state index contributed by atoms with van der Waals surface area (Å²) < 4.78 is 1.13. The maximum absolute atomic E-state index is 12.3. The topological polar surface area (TPSA) is 52.2 Å². The normalized spacial score (nSPS) is 15.1. The van der Waals surface area contributed by atoms with E-state index in [0.717, 1.165) is 48.2 Å². The second-order valence-corrected chi connectivity index (χ2v) is 6.93. The molecule has 1 aliphatic rings. The first-order chi connectivity index (χ1) is 11.0. The fraction of sp³-hybridized carbons (Fsp3) is 0.412. The van der Waals surface area contributed by atoms with Crippen LogP contribution in [0.2, 0.25) is 0 Å². The number of rotatable bonds is 3. The number of hydrogen-bond acceptors (Lipinski definition) is 4. The number of fused-ring (bicyclic) bond motifs is 1. The minimum Gasteiger partial charge on any atom is -0.348 e. The summed E-state index contributed by atoms with van der Waals surface area (Å²) in [4.78, 5) is 24.0. The molecule has 0 saturated carbocycles. The van der Waals surface area contributed by atoms with E-state index in [2.05, 4.69) is 49.0 Å². The van der Waals surface area contributed by atoms with Crippen LogP contribution in [-0.2, 0) is 19.4 Å². The number of anilines is 1. The fourth-order valence-corrected chi connectivity index (χ4v) is 3.29. The van der Waals surface area contributed by atoms with Crippen molar-refractivity contribution in [2.45, 2.75) is 19.4 Å². The Labute approximate surface area is 144 Å². The van der Waals surface area contributed by atoms with Crippen LogP contribution in [-0.4, -0.2) is 42.1 Å². The minimum atomic E-state index is 0.00133. The summed E-state index contributed by atoms with van der Waals surface area (Å²) in [6, 6.07) is 8.29. The van der Waals surface area contributed by atoms with Crippen molar-refractivity contribution in [3.05, 3.63) is 55.9 Å². The van der Waals surface area contributed by atoms with Crippen LogP contribution in [0.5, 0.6) is 0 Å². The molecule has 3 rings (SSSR count). The molecule has 5 nitrogen and oxygen atoms in total. The molecule has 23 heavy (non-hydrogen) atoms. The molecule has 0 radical (unpaired) electrons. The number of hydrogen-bond donors (Lipinski definition) is 1. The summed E-state index contributed by atoms with van der Waals surface area (Å²) in [5, 5.41) is 0. The van der Waals surface area contributed by atoms with E-state index in [9.17, 15) is 4.79 Å². The van der Waals surface area contributed by atoms with Gasteiger partial charge in [-0.2, -0.15) is 0 Å². The van der Waals surface area contributed by atoms with Crippen LogP contribution in [0.1, 0.15) is 16.8 Å². The number of aromatic nitrogens is 2. The zero-order valence-electron chi connectivity index (χ0n) is 13.5. The Kier molecular flexibility index (Phi) is 4.82. The lowest BCUT2D eigenvalue weighted by atomic mass is 10.1. The smallest absolute Gasteiger partial charge is 0.255 e. The van der Waals surface area contributed by atoms with Gasteiger partial charge in [0, 0.05) is 50.2 Å². The van der Waals surface area contributed by atoms with E-state index in [0.29, 0.717) is 5.95 Å². The highest BCUT2D eigenvalue weighted by Crippen LogP contribution is 2.20. The lowest BCUT2D eigenvalue weighted by molar-refractivity contribution is 0.278. The predicted molar refractivity (Wildman–Crippen MR) is 96.0 cm³/mol. The first kappa shape index (κ1) is 16.2. The molecule has 1 N–H and O–H groups in total. The van der Waals surface area contributed by atoms with E-state index >= 15 is 0 Å². The van der Waals surface area contributed by atoms with Gasteiger partial charge in [0.2, 0.25) is 5.95 Å². The number of nitrogens with zero attached hydrogens (tertiary/aromatic N) is 3. The number of H-pyrrole nitrogens is 1. The number of nitrogens with one attached hydrogen (secondary N) is 1. The molecule has 2 aromatic rings. The van der Waals surface area contributed by atoms with Gasteiger partial charge in [-0.25, -0.2) is 4.98 Å². The van der Waals surface area contributed by atoms with Gasteiger partial charge in [0.15, 0.2) is 0 Å². The SMILES string of the molecule is CN(C)c1nc2c(c(=O)[nH]1)CCN(Cc1ccccc1Br)CC2. The first-order valence-electron chi connectivity index (χ1n) is 7.80. The van der Waals surface area contributed by atoms with Crippen LogP contribution < -0.4 is 10.5 Å². The molecule has 0 bridgehead atoms. The van der Waals surface area contributed by atoms with Gasteiger partial charge in [0.1, 0.15) is 0 Å². The molecular weight excluding hydrogens is 356 g/mol. The van der Waals surface area contributed by atoms with Gasteiger partial charge < -0.3 is 4.90 Å². The summed E-state index contributed by atoms with van der Waals surface area (Å²) in [5.41, 5.74) is 3.05. The van der Waals surface area contributed by atoms with E-state index in [4.69, 9.17) is 0 Å². The maximum atomic E-state index is 12.3. The highest BCUT2D eigenvalue weighted by atomic mass is 79.9. The number of aromatic amines is 1. The Morgan fingerprint density at radius 2 is 2.00 bits per heavy atom. The summed E-state index contributed by atoms with van der Waals surface area (Å²) in [5.74, 6) is 0.632. The second kappa shape index (κ2) is 6.84. The van der Waals surface area contributed by atoms with Crippen molar-refractivity contribution in [1.82, 2.24) is 14.9 Å². The molecule has 6 heteroatoms. The van der Waals surface area contributed by atoms with E-state index in [1.54, 1.807) is 0 Å². The third-order valence-electron chi connectivity index (χ3n) is 4.21. The Hall–Kier alpha value is -1.66. The summed E-state index contributed by atoms with van der Waals surface area (Å²) >= 11 is 3.61. The molecule has 1 aromatic carbocycles. The van der Waals surface area contributed by atoms with E-state index in [-0.39, 0.29) is 5.56 Å². The Morgan fingerprint density at radius 1 is 1.26 bits per heavy atom. The molecule has 0 amide bonds. The minimum absolute atomic E-state index is 0.00133. The van der Waals surface area contributed by atoms with Crippen LogP contribution in [0.15, 0.2) is 33.5 Å². The van der Waals surface area contributed by atoms with Gasteiger partial charge in [-0.15, -0.1) is 0 Å². The second-order valence-electron chi connectivity index (χ2n) is 6.08. The van der Waals surface area contributed by atoms with Crippen molar-refractivity contribution >= 4 is 21.9 Å². The highest BCUT2D eigenvalue weighted by molar-refractivity contribution is 9.10. The van der Waals surface area contributed by atoms with Gasteiger partial charge in [0.05, 0.1) is 5.69 Å². The third-order valence-corrected chi connectivity index (χ3v) is 4.98. The fourth-order valence-electron chi connectivity index (χ4n) is 2.88. The molecule has 0 saturated heterocycles. The van der Waals surface area contributed by atoms with Gasteiger partial charge >= 0.3 is 0 Å². The quantitative estimate of drug-likeness (QED) is 0.891. The molecular formula is C17H21BrN4O. The zero-order valence-corrected chi connectivity index (χ0v) is 15.1. The van der Waals surface area contributed by atoms with Crippen molar-refractivity contribution in [3.8, 4) is 0 Å². The molecule has 2 heterocycles. The first-order valence-corrected chi connectivity index (χ1v) is 8.59. The average Bonchev–Trinajstić information content (AvgIpc) is 2.72. The molecule has 0 atom stereocenters. The van der Waals surface area contributed by atoms with Crippen molar-refractivity contribution in [2.24, 2.45) is 0 Å². The van der Waals surface area contributed by atoms with Crippen LogP contribution >= 0.6 is 15.9 Å². The maximum Gasteiger partial charge on any atom is 0.255 e. The molecule has 0 fully saturated rings. The van der Waals surface area contributed by atoms with E-state index in [1.165, 1.54) is 5.56 Å². The van der Waals surface area contributed by atoms with Crippen LogP contribution in [0, 0.1) is 0 Å². The van der Waals surface area contributed by atoms with E-state index < -0.39 is 0 Å². The van der Waals surface area contributed by atoms with Crippen molar-refractivity contribution in [1.29, 1.82) is 0 Å². The third kappa shape index (κ3) is 3.64. The van der Waals surface area contributed by atoms with Crippen molar-refractivity contribution in [2.75, 3.05) is 32.1 Å². The van der Waals surface area contributed by atoms with Crippen LogP contribution in [0.25, 0.3) is 0 Å². The summed E-state index contributed by atoms with van der Waals surface area (Å²) in [6.45, 7) is 2.67. The zero-order chi connectivity index (χ0) is 16.4. The van der Waals surface area contributed by atoms with Gasteiger partial charge in [-0.3, -0.25) is 14.7 Å². The summed E-state index contributed by atoms with van der Waals surface area (Å²) in [6.07, 6.45) is 1.56. The number of benzene rings is 1. The van der Waals surface area contributed by atoms with Gasteiger partial charge in [-0.05, 0) is 18.1 Å². The largest absolute Gasteiger partial charge is 0.348 e. The molecule has 0 unspecified atom stereocenters. The van der Waals surface area contributed by atoms with Crippen molar-refractivity contribution < 1.29 is 0 Å². The van der Waals surface area contributed by atoms with Gasteiger partial charge in [0.25, 0.3) is 5.56 Å².